The number of ether oxygens (including phenoxy) is 2. The smallest absolute Gasteiger partial charge is 0.252 e. The predicted molar refractivity (Wildman–Crippen MR) is 99.4 cm³/mol. The van der Waals surface area contributed by atoms with Crippen LogP contribution in [0.1, 0.15) is 11.1 Å². The number of para-hydroxylation sites is 1. The minimum Gasteiger partial charge on any atom is -0.493 e. The molecule has 0 bridgehead atoms. The average Bonchev–Trinajstić information content (AvgIpc) is 2.91. The van der Waals surface area contributed by atoms with Gasteiger partial charge in [-0.1, -0.05) is 29.5 Å². The number of carbonyl (C=O) groups excluding carboxylic acids is 1. The van der Waals surface area contributed by atoms with Crippen molar-refractivity contribution in [1.82, 2.24) is 4.57 Å². The highest BCUT2D eigenvalue weighted by molar-refractivity contribution is 7.16. The van der Waals surface area contributed by atoms with Gasteiger partial charge in [-0.15, -0.1) is 0 Å². The number of aromatic nitrogens is 1. The average molecular weight is 356 g/mol. The fourth-order valence-electron chi connectivity index (χ4n) is 2.82. The Labute approximate surface area is 150 Å². The lowest BCUT2D eigenvalue weighted by molar-refractivity contribution is -0.117. The van der Waals surface area contributed by atoms with Gasteiger partial charge in [-0.2, -0.15) is 4.99 Å². The lowest BCUT2D eigenvalue weighted by atomic mass is 10.1. The zero-order valence-electron chi connectivity index (χ0n) is 14.7. The topological polar surface area (TPSA) is 52.8 Å². The SMILES string of the molecule is COc1ccc(CC(=O)N=c2sc3cccc(C)c3n2C)cc1OC. The van der Waals surface area contributed by atoms with Crippen LogP contribution in [0.2, 0.25) is 0 Å². The summed E-state index contributed by atoms with van der Waals surface area (Å²) in [5, 5.41) is 0. The molecular weight excluding hydrogens is 336 g/mol. The summed E-state index contributed by atoms with van der Waals surface area (Å²) in [5.41, 5.74) is 3.13. The van der Waals surface area contributed by atoms with Gasteiger partial charge in [0.15, 0.2) is 16.3 Å². The highest BCUT2D eigenvalue weighted by Gasteiger charge is 2.10. The number of hydrogen-bond donors (Lipinski definition) is 0. The normalized spacial score (nSPS) is 11.8. The van der Waals surface area contributed by atoms with Crippen molar-refractivity contribution >= 4 is 27.5 Å². The van der Waals surface area contributed by atoms with Crippen LogP contribution < -0.4 is 14.3 Å². The number of hydrogen-bond acceptors (Lipinski definition) is 4. The number of nitrogens with zero attached hydrogens (tertiary/aromatic N) is 2. The van der Waals surface area contributed by atoms with Crippen LogP contribution in [0, 0.1) is 6.92 Å². The number of thiazole rings is 1. The Kier molecular flexibility index (Phi) is 4.90. The fraction of sp³-hybridized carbons (Fsp3) is 0.263. The molecule has 3 aromatic rings. The van der Waals surface area contributed by atoms with Crippen LogP contribution in [0.4, 0.5) is 0 Å². The Morgan fingerprint density at radius 2 is 1.92 bits per heavy atom. The molecule has 130 valence electrons. The van der Waals surface area contributed by atoms with Gasteiger partial charge in [-0.3, -0.25) is 4.79 Å². The van der Waals surface area contributed by atoms with E-state index in [0.29, 0.717) is 16.3 Å². The third-order valence-electron chi connectivity index (χ3n) is 4.05. The van der Waals surface area contributed by atoms with Crippen LogP contribution in [0.5, 0.6) is 11.5 Å². The largest absolute Gasteiger partial charge is 0.493 e. The first kappa shape index (κ1) is 17.2. The summed E-state index contributed by atoms with van der Waals surface area (Å²) in [6.07, 6.45) is 0.216. The second kappa shape index (κ2) is 7.11. The molecule has 1 amide bonds. The Morgan fingerprint density at radius 3 is 2.60 bits per heavy atom. The maximum atomic E-state index is 12.4. The van der Waals surface area contributed by atoms with Crippen LogP contribution in [-0.2, 0) is 18.3 Å². The Morgan fingerprint density at radius 1 is 1.16 bits per heavy atom. The van der Waals surface area contributed by atoms with Crippen molar-refractivity contribution in [2.24, 2.45) is 12.0 Å². The van der Waals surface area contributed by atoms with Crippen molar-refractivity contribution in [3.63, 3.8) is 0 Å². The van der Waals surface area contributed by atoms with Gasteiger partial charge in [0.05, 0.1) is 30.9 Å². The zero-order chi connectivity index (χ0) is 18.0. The minimum atomic E-state index is -0.188. The number of fused-ring (bicyclic) bond motifs is 1. The first-order chi connectivity index (χ1) is 12.0. The Bertz CT molecular complexity index is 1000. The molecule has 3 rings (SSSR count). The van der Waals surface area contributed by atoms with Crippen molar-refractivity contribution in [3.05, 3.63) is 52.3 Å². The van der Waals surface area contributed by atoms with Gasteiger partial charge >= 0.3 is 0 Å². The molecule has 1 aromatic heterocycles. The van der Waals surface area contributed by atoms with Gasteiger partial charge in [0.2, 0.25) is 0 Å². The van der Waals surface area contributed by atoms with Crippen molar-refractivity contribution in [2.45, 2.75) is 13.3 Å². The summed E-state index contributed by atoms with van der Waals surface area (Å²) in [6.45, 7) is 2.06. The Balaban J connectivity index is 1.91. The molecule has 25 heavy (non-hydrogen) atoms. The molecule has 0 N–H and O–H groups in total. The highest BCUT2D eigenvalue weighted by Crippen LogP contribution is 2.27. The molecule has 0 spiro atoms. The summed E-state index contributed by atoms with van der Waals surface area (Å²) >= 11 is 1.52. The molecule has 0 fully saturated rings. The van der Waals surface area contributed by atoms with Crippen molar-refractivity contribution in [1.29, 1.82) is 0 Å². The second-order valence-corrected chi connectivity index (χ2v) is 6.75. The van der Waals surface area contributed by atoms with E-state index in [-0.39, 0.29) is 12.3 Å². The molecule has 0 saturated heterocycles. The van der Waals surface area contributed by atoms with Gasteiger partial charge in [-0.25, -0.2) is 0 Å². The molecule has 0 aliphatic carbocycles. The van der Waals surface area contributed by atoms with Gasteiger partial charge < -0.3 is 14.0 Å². The number of methoxy groups -OCH3 is 2. The molecule has 2 aromatic carbocycles. The maximum Gasteiger partial charge on any atom is 0.252 e. The quantitative estimate of drug-likeness (QED) is 0.721. The van der Waals surface area contributed by atoms with Gasteiger partial charge in [0.25, 0.3) is 5.91 Å². The van der Waals surface area contributed by atoms with E-state index in [1.165, 1.54) is 16.9 Å². The van der Waals surface area contributed by atoms with E-state index >= 15 is 0 Å². The number of benzene rings is 2. The molecular formula is C19H20N2O3S. The molecule has 0 aliphatic heterocycles. The first-order valence-electron chi connectivity index (χ1n) is 7.87. The molecule has 5 nitrogen and oxygen atoms in total. The fourth-order valence-corrected chi connectivity index (χ4v) is 3.93. The predicted octanol–water partition coefficient (Wildman–Crippen LogP) is 3.24. The summed E-state index contributed by atoms with van der Waals surface area (Å²) in [5.74, 6) is 1.06. The van der Waals surface area contributed by atoms with Crippen LogP contribution in [0.25, 0.3) is 10.2 Å². The standard InChI is InChI=1S/C19H20N2O3S/c1-12-6-5-7-16-18(12)21(2)19(25-16)20-17(22)11-13-8-9-14(23-3)15(10-13)24-4/h5-10H,11H2,1-4H3. The zero-order valence-corrected chi connectivity index (χ0v) is 15.5. The second-order valence-electron chi connectivity index (χ2n) is 5.74. The van der Waals surface area contributed by atoms with E-state index in [1.807, 2.05) is 29.8 Å². The first-order valence-corrected chi connectivity index (χ1v) is 8.68. The molecule has 0 atom stereocenters. The molecule has 0 aliphatic rings. The van der Waals surface area contributed by atoms with Crippen LogP contribution in [-0.4, -0.2) is 24.7 Å². The number of amides is 1. The lowest BCUT2D eigenvalue weighted by Gasteiger charge is -2.08. The molecule has 6 heteroatoms. The van der Waals surface area contributed by atoms with Gasteiger partial charge in [-0.05, 0) is 36.2 Å². The van der Waals surface area contributed by atoms with Crippen LogP contribution >= 0.6 is 11.3 Å². The summed E-state index contributed by atoms with van der Waals surface area (Å²) in [7, 11) is 5.10. The van der Waals surface area contributed by atoms with Crippen molar-refractivity contribution in [2.75, 3.05) is 14.2 Å². The minimum absolute atomic E-state index is 0.188. The molecule has 0 radical (unpaired) electrons. The maximum absolute atomic E-state index is 12.4. The van der Waals surface area contributed by atoms with Crippen LogP contribution in [0.15, 0.2) is 41.4 Å². The van der Waals surface area contributed by atoms with Gasteiger partial charge in [0, 0.05) is 7.05 Å². The number of carbonyl (C=O) groups is 1. The summed E-state index contributed by atoms with van der Waals surface area (Å²) in [6, 6.07) is 11.6. The summed E-state index contributed by atoms with van der Waals surface area (Å²) in [4.78, 5) is 17.4. The number of rotatable bonds is 4. The van der Waals surface area contributed by atoms with Crippen molar-refractivity contribution in [3.8, 4) is 11.5 Å². The van der Waals surface area contributed by atoms with E-state index in [2.05, 4.69) is 18.0 Å². The van der Waals surface area contributed by atoms with E-state index in [1.54, 1.807) is 26.4 Å². The Hall–Kier alpha value is -2.60. The molecule has 1 heterocycles. The van der Waals surface area contributed by atoms with E-state index in [4.69, 9.17) is 9.47 Å². The van der Waals surface area contributed by atoms with E-state index in [0.717, 1.165) is 15.8 Å². The van der Waals surface area contributed by atoms with Crippen molar-refractivity contribution < 1.29 is 14.3 Å². The van der Waals surface area contributed by atoms with E-state index < -0.39 is 0 Å². The third-order valence-corrected chi connectivity index (χ3v) is 5.15. The number of aryl methyl sites for hydroxylation is 2. The monoisotopic (exact) mass is 356 g/mol. The van der Waals surface area contributed by atoms with Gasteiger partial charge in [0.1, 0.15) is 0 Å². The van der Waals surface area contributed by atoms with E-state index in [9.17, 15) is 4.79 Å². The third kappa shape index (κ3) is 3.44. The summed E-state index contributed by atoms with van der Waals surface area (Å²) < 4.78 is 13.6. The molecule has 0 saturated carbocycles. The highest BCUT2D eigenvalue weighted by atomic mass is 32.1. The lowest BCUT2D eigenvalue weighted by Crippen LogP contribution is -2.14. The molecule has 0 unspecified atom stereocenters. The van der Waals surface area contributed by atoms with Crippen LogP contribution in [0.3, 0.4) is 0 Å².